The maximum absolute atomic E-state index is 14.1. The number of benzene rings is 1. The Balaban J connectivity index is 1.56. The number of H-pyrrole nitrogens is 1. The predicted molar refractivity (Wildman–Crippen MR) is 162 cm³/mol. The number of halogens is 1. The highest BCUT2D eigenvalue weighted by atomic mass is 35.5. The van der Waals surface area contributed by atoms with Gasteiger partial charge in [0.15, 0.2) is 5.75 Å². The highest BCUT2D eigenvalue weighted by Crippen LogP contribution is 2.44. The molecule has 0 bridgehead atoms. The molecule has 12 heteroatoms. The van der Waals surface area contributed by atoms with E-state index in [0.29, 0.717) is 41.5 Å². The molecule has 3 amide bonds. The van der Waals surface area contributed by atoms with Crippen molar-refractivity contribution in [1.29, 1.82) is 0 Å². The molecule has 0 unspecified atom stereocenters. The van der Waals surface area contributed by atoms with E-state index in [4.69, 9.17) is 16.3 Å². The van der Waals surface area contributed by atoms with E-state index in [1.807, 2.05) is 39.0 Å². The number of nitrogens with one attached hydrogen (secondary N) is 3. The van der Waals surface area contributed by atoms with Crippen molar-refractivity contribution in [2.24, 2.45) is 5.41 Å². The Morgan fingerprint density at radius 1 is 1.14 bits per heavy atom. The summed E-state index contributed by atoms with van der Waals surface area (Å²) in [4.78, 5) is 58.5. The fourth-order valence-electron chi connectivity index (χ4n) is 5.42. The van der Waals surface area contributed by atoms with Gasteiger partial charge in [0.1, 0.15) is 17.5 Å². The number of pyridine rings is 1. The maximum atomic E-state index is 14.1. The molecule has 228 valence electrons. The Kier molecular flexibility index (Phi) is 9.54. The molecule has 43 heavy (non-hydrogen) atoms. The van der Waals surface area contributed by atoms with Crippen molar-refractivity contribution in [3.8, 4) is 11.5 Å². The number of ether oxygens (including phenoxy) is 1. The van der Waals surface area contributed by atoms with Gasteiger partial charge in [0.05, 0.1) is 22.8 Å². The van der Waals surface area contributed by atoms with Crippen LogP contribution in [0, 0.1) is 19.3 Å². The zero-order chi connectivity index (χ0) is 31.5. The van der Waals surface area contributed by atoms with Crippen LogP contribution < -0.4 is 20.9 Å². The van der Waals surface area contributed by atoms with E-state index in [-0.39, 0.29) is 29.3 Å². The van der Waals surface area contributed by atoms with Crippen LogP contribution in [-0.4, -0.2) is 56.4 Å². The fourth-order valence-corrected chi connectivity index (χ4v) is 5.62. The number of amides is 3. The van der Waals surface area contributed by atoms with Crippen molar-refractivity contribution >= 4 is 29.3 Å². The lowest BCUT2D eigenvalue weighted by Gasteiger charge is -2.40. The Morgan fingerprint density at radius 3 is 2.56 bits per heavy atom. The number of likely N-dealkylation sites (tertiary alicyclic amines) is 1. The average Bonchev–Trinajstić information content (AvgIpc) is 3.42. The van der Waals surface area contributed by atoms with Gasteiger partial charge in [0, 0.05) is 23.7 Å². The van der Waals surface area contributed by atoms with Gasteiger partial charge in [-0.05, 0) is 84.2 Å². The second kappa shape index (κ2) is 12.9. The highest BCUT2D eigenvalue weighted by molar-refractivity contribution is 6.30. The molecule has 3 N–H and O–H groups in total. The molecule has 0 spiro atoms. The predicted octanol–water partition coefficient (Wildman–Crippen LogP) is 4.24. The number of aromatic nitrogens is 3. The van der Waals surface area contributed by atoms with Crippen LogP contribution in [0.3, 0.4) is 0 Å². The fraction of sp³-hybridized carbons (Fsp3) is 0.419. The average molecular weight is 609 g/mol. The SMILES string of the molecule is CCNC(=O)C(C)(C)[C@H]1CC[C@@H](c2cccc(Cl)c2)N1C(=O)[C@@H](C)NC(=O)c1ccc(Oc2cc(C)n[nH]c2=O)c(C)n1. The third kappa shape index (κ3) is 6.88. The minimum absolute atomic E-state index is 0.0544. The second-order valence-corrected chi connectivity index (χ2v) is 11.7. The number of hydrogen-bond acceptors (Lipinski definition) is 7. The van der Waals surface area contributed by atoms with Crippen molar-refractivity contribution in [3.63, 3.8) is 0 Å². The maximum Gasteiger partial charge on any atom is 0.307 e. The summed E-state index contributed by atoms with van der Waals surface area (Å²) in [7, 11) is 0. The molecule has 11 nitrogen and oxygen atoms in total. The van der Waals surface area contributed by atoms with E-state index in [0.717, 1.165) is 5.56 Å². The smallest absolute Gasteiger partial charge is 0.307 e. The second-order valence-electron chi connectivity index (χ2n) is 11.3. The van der Waals surface area contributed by atoms with Gasteiger partial charge in [-0.15, -0.1) is 0 Å². The van der Waals surface area contributed by atoms with Crippen LogP contribution in [0.5, 0.6) is 11.5 Å². The normalized spacial score (nSPS) is 17.3. The van der Waals surface area contributed by atoms with Gasteiger partial charge in [-0.1, -0.05) is 23.7 Å². The lowest BCUT2D eigenvalue weighted by molar-refractivity contribution is -0.142. The summed E-state index contributed by atoms with van der Waals surface area (Å²) in [5.41, 5.74) is 0.519. The summed E-state index contributed by atoms with van der Waals surface area (Å²) in [5, 5.41) is 12.4. The van der Waals surface area contributed by atoms with Gasteiger partial charge < -0.3 is 20.3 Å². The van der Waals surface area contributed by atoms with Gasteiger partial charge >= 0.3 is 5.56 Å². The molecule has 0 aliphatic carbocycles. The summed E-state index contributed by atoms with van der Waals surface area (Å²) in [6.45, 7) is 11.0. The number of carbonyl (C=O) groups is 3. The monoisotopic (exact) mass is 608 g/mol. The van der Waals surface area contributed by atoms with E-state index >= 15 is 0 Å². The first-order valence-electron chi connectivity index (χ1n) is 14.2. The lowest BCUT2D eigenvalue weighted by Crippen LogP contribution is -2.56. The molecule has 1 fully saturated rings. The van der Waals surface area contributed by atoms with Crippen molar-refractivity contribution in [2.75, 3.05) is 6.54 Å². The summed E-state index contributed by atoms with van der Waals surface area (Å²) in [6.07, 6.45) is 1.25. The molecule has 1 aliphatic rings. The zero-order valence-electron chi connectivity index (χ0n) is 25.2. The Bertz CT molecular complexity index is 1590. The summed E-state index contributed by atoms with van der Waals surface area (Å²) in [6, 6.07) is 10.2. The molecule has 1 aliphatic heterocycles. The molecular weight excluding hydrogens is 572 g/mol. The van der Waals surface area contributed by atoms with Gasteiger partial charge in [0.2, 0.25) is 11.8 Å². The third-order valence-corrected chi connectivity index (χ3v) is 7.97. The topological polar surface area (TPSA) is 146 Å². The van der Waals surface area contributed by atoms with Gasteiger partial charge in [-0.25, -0.2) is 10.1 Å². The molecule has 3 heterocycles. The van der Waals surface area contributed by atoms with E-state index in [1.54, 1.807) is 37.8 Å². The summed E-state index contributed by atoms with van der Waals surface area (Å²) < 4.78 is 5.70. The van der Waals surface area contributed by atoms with Crippen LogP contribution in [0.25, 0.3) is 0 Å². The Labute approximate surface area is 255 Å². The Hall–Kier alpha value is -4.25. The van der Waals surface area contributed by atoms with Crippen LogP contribution in [0.4, 0.5) is 0 Å². The summed E-state index contributed by atoms with van der Waals surface area (Å²) >= 11 is 6.29. The molecule has 4 rings (SSSR count). The summed E-state index contributed by atoms with van der Waals surface area (Å²) in [5.74, 6) is -0.659. The van der Waals surface area contributed by atoms with Crippen molar-refractivity contribution < 1.29 is 19.1 Å². The van der Waals surface area contributed by atoms with Crippen LogP contribution >= 0.6 is 11.6 Å². The lowest BCUT2D eigenvalue weighted by atomic mass is 9.81. The van der Waals surface area contributed by atoms with E-state index in [2.05, 4.69) is 25.8 Å². The van der Waals surface area contributed by atoms with Crippen LogP contribution in [-0.2, 0) is 9.59 Å². The van der Waals surface area contributed by atoms with Gasteiger partial charge in [-0.2, -0.15) is 5.10 Å². The third-order valence-electron chi connectivity index (χ3n) is 7.73. The first-order chi connectivity index (χ1) is 20.3. The highest BCUT2D eigenvalue weighted by Gasteiger charge is 2.49. The quantitative estimate of drug-likeness (QED) is 0.329. The minimum atomic E-state index is -0.920. The number of hydrogen-bond donors (Lipinski definition) is 3. The number of aromatic amines is 1. The molecule has 3 aromatic rings. The first kappa shape index (κ1) is 31.7. The van der Waals surface area contributed by atoms with E-state index in [1.165, 1.54) is 12.1 Å². The molecule has 1 saturated heterocycles. The first-order valence-corrected chi connectivity index (χ1v) is 14.6. The number of aryl methyl sites for hydroxylation is 2. The minimum Gasteiger partial charge on any atom is -0.450 e. The number of rotatable bonds is 9. The molecule has 1 aromatic carbocycles. The molecule has 2 aromatic heterocycles. The van der Waals surface area contributed by atoms with Crippen molar-refractivity contribution in [3.05, 3.63) is 80.5 Å². The van der Waals surface area contributed by atoms with Crippen LogP contribution in [0.15, 0.2) is 47.3 Å². The standard InChI is InChI=1S/C31H37ClN6O5/c1-7-33-30(42)31(5,6)26-14-12-23(20-9-8-10-21(32)16-20)38(26)29(41)19(4)35-27(39)22-11-13-24(18(3)34-22)43-25-15-17(2)36-37-28(25)40/h8-11,13,15-16,19,23,26H,7,12,14H2,1-6H3,(H,33,42)(H,35,39)(H,37,40)/t19-,23+,26-/m1/s1. The van der Waals surface area contributed by atoms with Gasteiger partial charge in [-0.3, -0.25) is 19.2 Å². The number of nitrogens with zero attached hydrogens (tertiary/aromatic N) is 3. The zero-order valence-corrected chi connectivity index (χ0v) is 25.9. The van der Waals surface area contributed by atoms with Crippen molar-refractivity contribution in [1.82, 2.24) is 30.7 Å². The molecule has 3 atom stereocenters. The largest absolute Gasteiger partial charge is 0.450 e. The van der Waals surface area contributed by atoms with E-state index in [9.17, 15) is 19.2 Å². The number of carbonyl (C=O) groups excluding carboxylic acids is 3. The van der Waals surface area contributed by atoms with Crippen molar-refractivity contribution in [2.45, 2.75) is 72.5 Å². The molecule has 0 saturated carbocycles. The van der Waals surface area contributed by atoms with E-state index < -0.39 is 29.0 Å². The Morgan fingerprint density at radius 2 is 1.88 bits per heavy atom. The molecular formula is C31H37ClN6O5. The van der Waals surface area contributed by atoms with Crippen LogP contribution in [0.2, 0.25) is 5.02 Å². The van der Waals surface area contributed by atoms with Gasteiger partial charge in [0.25, 0.3) is 5.91 Å². The molecule has 0 radical (unpaired) electrons. The van der Waals surface area contributed by atoms with Crippen LogP contribution in [0.1, 0.15) is 74.0 Å².